The second kappa shape index (κ2) is 10.5. The molecule has 0 aliphatic heterocycles. The summed E-state index contributed by atoms with van der Waals surface area (Å²) in [5.74, 6) is 0.00249. The lowest BCUT2D eigenvalue weighted by Crippen LogP contribution is -2.02. The van der Waals surface area contributed by atoms with Gasteiger partial charge in [-0.3, -0.25) is 9.78 Å². The summed E-state index contributed by atoms with van der Waals surface area (Å²) in [6.07, 6.45) is 1.80. The molecule has 0 amide bonds. The minimum Gasteiger partial charge on any atom is -0.289 e. The number of carbonyl (C=O) groups is 1. The van der Waals surface area contributed by atoms with E-state index in [1.54, 1.807) is 6.20 Å². The topological polar surface area (TPSA) is 30.0 Å². The molecule has 0 radical (unpaired) electrons. The van der Waals surface area contributed by atoms with Gasteiger partial charge in [0.15, 0.2) is 5.78 Å². The molecular weight excluding hydrogens is 462 g/mol. The van der Waals surface area contributed by atoms with Crippen LogP contribution in [0.15, 0.2) is 152 Å². The molecule has 0 N–H and O–H groups in total. The molecule has 0 aliphatic rings. The fourth-order valence-electron chi connectivity index (χ4n) is 4.75. The fourth-order valence-corrected chi connectivity index (χ4v) is 4.75. The van der Waals surface area contributed by atoms with Crippen molar-refractivity contribution in [2.45, 2.75) is 0 Å². The minimum absolute atomic E-state index is 0.00249. The summed E-state index contributed by atoms with van der Waals surface area (Å²) in [6, 6.07) is 48.6. The lowest BCUT2D eigenvalue weighted by molar-refractivity contribution is 0.103. The van der Waals surface area contributed by atoms with Crippen molar-refractivity contribution in [3.63, 3.8) is 0 Å². The molecule has 0 saturated heterocycles. The minimum atomic E-state index is 0.00249. The van der Waals surface area contributed by atoms with Gasteiger partial charge in [0.25, 0.3) is 0 Å². The SMILES string of the molecule is O=C(c1cccc(-c2cccc(-c3ccccn3)c2)c1)c1cc(-c2ccccc2)cc(-c2ccccc2)c1. The van der Waals surface area contributed by atoms with Gasteiger partial charge in [-0.25, -0.2) is 0 Å². The molecule has 5 aromatic carbocycles. The molecule has 2 nitrogen and oxygen atoms in total. The van der Waals surface area contributed by atoms with Crippen molar-refractivity contribution in [2.24, 2.45) is 0 Å². The van der Waals surface area contributed by atoms with E-state index in [0.29, 0.717) is 11.1 Å². The van der Waals surface area contributed by atoms with Crippen LogP contribution in [0.25, 0.3) is 44.6 Å². The third-order valence-electron chi connectivity index (χ3n) is 6.69. The monoisotopic (exact) mass is 487 g/mol. The lowest BCUT2D eigenvalue weighted by Gasteiger charge is -2.11. The van der Waals surface area contributed by atoms with Crippen LogP contribution in [-0.2, 0) is 0 Å². The van der Waals surface area contributed by atoms with E-state index >= 15 is 0 Å². The Morgan fingerprint density at radius 3 is 1.53 bits per heavy atom. The zero-order valence-electron chi connectivity index (χ0n) is 20.8. The normalized spacial score (nSPS) is 10.7. The van der Waals surface area contributed by atoms with Crippen LogP contribution in [0.5, 0.6) is 0 Å². The molecule has 0 bridgehead atoms. The predicted octanol–water partition coefficient (Wildman–Crippen LogP) is 8.98. The second-order valence-corrected chi connectivity index (χ2v) is 9.24. The maximum atomic E-state index is 13.9. The van der Waals surface area contributed by atoms with Crippen molar-refractivity contribution in [3.8, 4) is 44.6 Å². The molecule has 0 fully saturated rings. The van der Waals surface area contributed by atoms with Crippen LogP contribution in [0, 0.1) is 0 Å². The van der Waals surface area contributed by atoms with Crippen LogP contribution in [0.3, 0.4) is 0 Å². The summed E-state index contributed by atoms with van der Waals surface area (Å²) in [6.45, 7) is 0. The van der Waals surface area contributed by atoms with E-state index in [-0.39, 0.29) is 5.78 Å². The summed E-state index contributed by atoms with van der Waals surface area (Å²) in [7, 11) is 0. The maximum absolute atomic E-state index is 13.9. The summed E-state index contributed by atoms with van der Waals surface area (Å²) in [5, 5.41) is 0. The summed E-state index contributed by atoms with van der Waals surface area (Å²) in [4.78, 5) is 18.4. The molecule has 180 valence electrons. The van der Waals surface area contributed by atoms with Crippen molar-refractivity contribution in [3.05, 3.63) is 163 Å². The van der Waals surface area contributed by atoms with Crippen molar-refractivity contribution >= 4 is 5.78 Å². The highest BCUT2D eigenvalue weighted by atomic mass is 16.1. The van der Waals surface area contributed by atoms with Crippen LogP contribution < -0.4 is 0 Å². The first-order chi connectivity index (χ1) is 18.7. The van der Waals surface area contributed by atoms with Crippen molar-refractivity contribution < 1.29 is 4.79 Å². The summed E-state index contributed by atoms with van der Waals surface area (Å²) in [5.41, 5.74) is 9.56. The van der Waals surface area contributed by atoms with Gasteiger partial charge in [-0.15, -0.1) is 0 Å². The summed E-state index contributed by atoms with van der Waals surface area (Å²) < 4.78 is 0. The van der Waals surface area contributed by atoms with Gasteiger partial charge in [0.1, 0.15) is 0 Å². The Labute approximate surface area is 222 Å². The van der Waals surface area contributed by atoms with E-state index < -0.39 is 0 Å². The molecule has 0 atom stereocenters. The number of pyridine rings is 1. The first kappa shape index (κ1) is 23.3. The third-order valence-corrected chi connectivity index (χ3v) is 6.69. The molecule has 0 unspecified atom stereocenters. The first-order valence-electron chi connectivity index (χ1n) is 12.7. The average molecular weight is 488 g/mol. The van der Waals surface area contributed by atoms with Crippen molar-refractivity contribution in [2.75, 3.05) is 0 Å². The van der Waals surface area contributed by atoms with Crippen LogP contribution in [0.2, 0.25) is 0 Å². The van der Waals surface area contributed by atoms with Gasteiger partial charge in [0.05, 0.1) is 5.69 Å². The van der Waals surface area contributed by atoms with Gasteiger partial charge in [0, 0.05) is 22.9 Å². The average Bonchev–Trinajstić information content (AvgIpc) is 3.02. The Morgan fingerprint density at radius 2 is 0.895 bits per heavy atom. The van der Waals surface area contributed by atoms with E-state index in [1.165, 1.54) is 0 Å². The summed E-state index contributed by atoms with van der Waals surface area (Å²) >= 11 is 0. The van der Waals surface area contributed by atoms with E-state index in [9.17, 15) is 4.79 Å². The van der Waals surface area contributed by atoms with Gasteiger partial charge in [-0.05, 0) is 75.8 Å². The number of hydrogen-bond acceptors (Lipinski definition) is 2. The van der Waals surface area contributed by atoms with Crippen LogP contribution in [0.1, 0.15) is 15.9 Å². The molecule has 1 aromatic heterocycles. The largest absolute Gasteiger partial charge is 0.289 e. The standard InChI is InChI=1S/C36H25NO/c38-36(31-18-10-16-29(22-31)28-15-9-17-30(21-28)35-19-7-8-20-37-35)34-24-32(26-11-3-1-4-12-26)23-33(25-34)27-13-5-2-6-14-27/h1-25H. The number of ketones is 1. The zero-order chi connectivity index (χ0) is 25.7. The van der Waals surface area contributed by atoms with Gasteiger partial charge in [-0.2, -0.15) is 0 Å². The molecule has 0 aliphatic carbocycles. The molecule has 6 aromatic rings. The maximum Gasteiger partial charge on any atom is 0.193 e. The molecule has 0 spiro atoms. The van der Waals surface area contributed by atoms with E-state index in [0.717, 1.165) is 44.6 Å². The zero-order valence-corrected chi connectivity index (χ0v) is 20.8. The molecule has 2 heteroatoms. The van der Waals surface area contributed by atoms with Crippen molar-refractivity contribution in [1.82, 2.24) is 4.98 Å². The molecule has 1 heterocycles. The Hall–Kier alpha value is -5.08. The smallest absolute Gasteiger partial charge is 0.193 e. The quantitative estimate of drug-likeness (QED) is 0.219. The number of hydrogen-bond donors (Lipinski definition) is 0. The third kappa shape index (κ3) is 4.93. The highest BCUT2D eigenvalue weighted by Gasteiger charge is 2.14. The number of aromatic nitrogens is 1. The fraction of sp³-hybridized carbons (Fsp3) is 0. The highest BCUT2D eigenvalue weighted by molar-refractivity contribution is 6.10. The Kier molecular flexibility index (Phi) is 6.44. The first-order valence-corrected chi connectivity index (χ1v) is 12.7. The molecule has 0 saturated carbocycles. The van der Waals surface area contributed by atoms with E-state index in [2.05, 4.69) is 53.5 Å². The van der Waals surface area contributed by atoms with Crippen LogP contribution in [-0.4, -0.2) is 10.8 Å². The molecule has 6 rings (SSSR count). The highest BCUT2D eigenvalue weighted by Crippen LogP contribution is 2.31. The Morgan fingerprint density at radius 1 is 0.395 bits per heavy atom. The van der Waals surface area contributed by atoms with Gasteiger partial charge in [-0.1, -0.05) is 103 Å². The number of carbonyl (C=O) groups excluding carboxylic acids is 1. The number of nitrogens with zero attached hydrogens (tertiary/aromatic N) is 1. The van der Waals surface area contributed by atoms with E-state index in [4.69, 9.17) is 0 Å². The van der Waals surface area contributed by atoms with Gasteiger partial charge in [0.2, 0.25) is 0 Å². The molecular formula is C36H25NO. The Balaban J connectivity index is 1.40. The second-order valence-electron chi connectivity index (χ2n) is 9.24. The number of rotatable bonds is 6. The van der Waals surface area contributed by atoms with Crippen LogP contribution >= 0.6 is 0 Å². The molecule has 38 heavy (non-hydrogen) atoms. The van der Waals surface area contributed by atoms with Crippen molar-refractivity contribution in [1.29, 1.82) is 0 Å². The Bertz CT molecular complexity index is 1650. The predicted molar refractivity (Wildman–Crippen MR) is 156 cm³/mol. The van der Waals surface area contributed by atoms with Gasteiger partial charge < -0.3 is 0 Å². The van der Waals surface area contributed by atoms with Crippen LogP contribution in [0.4, 0.5) is 0 Å². The lowest BCUT2D eigenvalue weighted by atomic mass is 9.92. The number of benzene rings is 5. The van der Waals surface area contributed by atoms with Gasteiger partial charge >= 0.3 is 0 Å². The van der Waals surface area contributed by atoms with E-state index in [1.807, 2.05) is 97.1 Å².